The number of aromatic nitrogens is 1. The van der Waals surface area contributed by atoms with E-state index in [2.05, 4.69) is 49.0 Å². The zero-order valence-electron chi connectivity index (χ0n) is 12.7. The Morgan fingerprint density at radius 2 is 2.26 bits per heavy atom. The molecule has 1 aliphatic rings. The van der Waals surface area contributed by atoms with Crippen LogP contribution in [0.25, 0.3) is 0 Å². The summed E-state index contributed by atoms with van der Waals surface area (Å²) in [5, 5.41) is 3.51. The Labute approximate surface area is 117 Å². The molecular formula is C16H27N3. The summed E-state index contributed by atoms with van der Waals surface area (Å²) in [6.45, 7) is 12.1. The van der Waals surface area contributed by atoms with Crippen LogP contribution in [0.4, 0.5) is 5.69 Å². The molecule has 1 aliphatic heterocycles. The summed E-state index contributed by atoms with van der Waals surface area (Å²) in [6, 6.07) is 2.75. The van der Waals surface area contributed by atoms with Gasteiger partial charge in [-0.1, -0.05) is 20.8 Å². The third kappa shape index (κ3) is 3.93. The van der Waals surface area contributed by atoms with Crippen molar-refractivity contribution >= 4 is 5.69 Å². The van der Waals surface area contributed by atoms with Crippen LogP contribution in [0.3, 0.4) is 0 Å². The van der Waals surface area contributed by atoms with Gasteiger partial charge in [-0.25, -0.2) is 0 Å². The third-order valence-electron chi connectivity index (χ3n) is 3.80. The fourth-order valence-electron chi connectivity index (χ4n) is 2.73. The van der Waals surface area contributed by atoms with Crippen LogP contribution in [0.1, 0.15) is 44.9 Å². The average Bonchev–Trinajstić information content (AvgIpc) is 2.37. The molecule has 1 atom stereocenters. The van der Waals surface area contributed by atoms with Crippen molar-refractivity contribution < 1.29 is 0 Å². The minimum absolute atomic E-state index is 0.509. The molecule has 1 unspecified atom stereocenters. The van der Waals surface area contributed by atoms with E-state index in [1.165, 1.54) is 37.2 Å². The Kier molecular flexibility index (Phi) is 4.81. The van der Waals surface area contributed by atoms with Crippen LogP contribution in [0.5, 0.6) is 0 Å². The van der Waals surface area contributed by atoms with E-state index >= 15 is 0 Å². The average molecular weight is 261 g/mol. The summed E-state index contributed by atoms with van der Waals surface area (Å²) < 4.78 is 0. The van der Waals surface area contributed by atoms with E-state index < -0.39 is 0 Å². The first kappa shape index (κ1) is 14.3. The van der Waals surface area contributed by atoms with Gasteiger partial charge in [-0.3, -0.25) is 4.98 Å². The minimum Gasteiger partial charge on any atom is -0.371 e. The molecule has 0 aliphatic carbocycles. The smallest absolute Gasteiger partial charge is 0.0445 e. The highest BCUT2D eigenvalue weighted by atomic mass is 15.1. The maximum atomic E-state index is 4.46. The van der Waals surface area contributed by atoms with Gasteiger partial charge < -0.3 is 10.2 Å². The number of nitrogens with one attached hydrogen (secondary N) is 1. The Morgan fingerprint density at radius 3 is 2.95 bits per heavy atom. The minimum atomic E-state index is 0.509. The summed E-state index contributed by atoms with van der Waals surface area (Å²) in [4.78, 5) is 7.01. The number of hydrogen-bond acceptors (Lipinski definition) is 3. The van der Waals surface area contributed by atoms with Gasteiger partial charge >= 0.3 is 0 Å². The second-order valence-corrected chi connectivity index (χ2v) is 6.18. The van der Waals surface area contributed by atoms with Gasteiger partial charge in [-0.05, 0) is 31.7 Å². The van der Waals surface area contributed by atoms with E-state index in [-0.39, 0.29) is 0 Å². The second-order valence-electron chi connectivity index (χ2n) is 6.18. The largest absolute Gasteiger partial charge is 0.371 e. The second kappa shape index (κ2) is 6.38. The van der Waals surface area contributed by atoms with Crippen molar-refractivity contribution in [3.05, 3.63) is 23.5 Å². The lowest BCUT2D eigenvalue weighted by atomic mass is 9.99. The van der Waals surface area contributed by atoms with E-state index in [1.807, 2.05) is 6.20 Å². The Morgan fingerprint density at radius 1 is 1.47 bits per heavy atom. The molecule has 0 aromatic carbocycles. The van der Waals surface area contributed by atoms with Crippen molar-refractivity contribution in [2.45, 2.75) is 53.1 Å². The molecule has 3 nitrogen and oxygen atoms in total. The molecule has 1 aromatic rings. The summed E-state index contributed by atoms with van der Waals surface area (Å²) in [7, 11) is 0. The molecule has 19 heavy (non-hydrogen) atoms. The number of nitrogens with zero attached hydrogens (tertiary/aromatic N) is 2. The zero-order chi connectivity index (χ0) is 13.8. The standard InChI is InChI=1S/C16H27N3/c1-12(2)17-9-15-10-18-14(4)8-16(15)19-7-5-6-13(3)11-19/h8,10,12-13,17H,5-7,9,11H2,1-4H3. The highest BCUT2D eigenvalue weighted by Gasteiger charge is 2.19. The molecule has 1 fully saturated rings. The van der Waals surface area contributed by atoms with Crippen LogP contribution in [0.15, 0.2) is 12.3 Å². The van der Waals surface area contributed by atoms with Crippen LogP contribution in [-0.2, 0) is 6.54 Å². The molecule has 0 amide bonds. The van der Waals surface area contributed by atoms with Crippen LogP contribution in [0.2, 0.25) is 0 Å². The Balaban J connectivity index is 2.18. The summed E-state index contributed by atoms with van der Waals surface area (Å²) in [6.07, 6.45) is 4.71. The summed E-state index contributed by atoms with van der Waals surface area (Å²) in [5.41, 5.74) is 3.82. The predicted octanol–water partition coefficient (Wildman–Crippen LogP) is 3.12. The molecule has 2 heterocycles. The van der Waals surface area contributed by atoms with Gasteiger partial charge in [0, 0.05) is 48.8 Å². The number of pyridine rings is 1. The van der Waals surface area contributed by atoms with Gasteiger partial charge in [0.1, 0.15) is 0 Å². The quantitative estimate of drug-likeness (QED) is 0.902. The molecule has 1 aromatic heterocycles. The fourth-order valence-corrected chi connectivity index (χ4v) is 2.73. The van der Waals surface area contributed by atoms with Crippen molar-refractivity contribution in [3.8, 4) is 0 Å². The molecule has 106 valence electrons. The first-order chi connectivity index (χ1) is 9.06. The van der Waals surface area contributed by atoms with Gasteiger partial charge in [-0.2, -0.15) is 0 Å². The highest BCUT2D eigenvalue weighted by Crippen LogP contribution is 2.26. The van der Waals surface area contributed by atoms with Gasteiger partial charge in [-0.15, -0.1) is 0 Å². The number of rotatable bonds is 4. The molecule has 0 radical (unpaired) electrons. The number of hydrogen-bond donors (Lipinski definition) is 1. The topological polar surface area (TPSA) is 28.2 Å². The molecule has 0 spiro atoms. The SMILES string of the molecule is Cc1cc(N2CCCC(C)C2)c(CNC(C)C)cn1. The molecular weight excluding hydrogens is 234 g/mol. The maximum Gasteiger partial charge on any atom is 0.0445 e. The van der Waals surface area contributed by atoms with Crippen molar-refractivity contribution in [1.82, 2.24) is 10.3 Å². The number of piperidine rings is 1. The van der Waals surface area contributed by atoms with Crippen LogP contribution >= 0.6 is 0 Å². The van der Waals surface area contributed by atoms with E-state index in [0.717, 1.165) is 18.2 Å². The van der Waals surface area contributed by atoms with Crippen molar-refractivity contribution in [2.75, 3.05) is 18.0 Å². The first-order valence-electron chi connectivity index (χ1n) is 7.50. The van der Waals surface area contributed by atoms with E-state index in [1.54, 1.807) is 0 Å². The predicted molar refractivity (Wildman–Crippen MR) is 81.6 cm³/mol. The molecule has 3 heteroatoms. The van der Waals surface area contributed by atoms with Crippen molar-refractivity contribution in [2.24, 2.45) is 5.92 Å². The van der Waals surface area contributed by atoms with E-state index in [9.17, 15) is 0 Å². The number of aryl methyl sites for hydroxylation is 1. The summed E-state index contributed by atoms with van der Waals surface area (Å²) in [5.74, 6) is 0.799. The highest BCUT2D eigenvalue weighted by molar-refractivity contribution is 5.54. The van der Waals surface area contributed by atoms with Crippen molar-refractivity contribution in [1.29, 1.82) is 0 Å². The molecule has 0 saturated carbocycles. The normalized spacial score (nSPS) is 20.1. The van der Waals surface area contributed by atoms with Crippen molar-refractivity contribution in [3.63, 3.8) is 0 Å². The lowest BCUT2D eigenvalue weighted by Gasteiger charge is -2.34. The van der Waals surface area contributed by atoms with Crippen LogP contribution < -0.4 is 10.2 Å². The maximum absolute atomic E-state index is 4.46. The molecule has 1 N–H and O–H groups in total. The zero-order valence-corrected chi connectivity index (χ0v) is 12.7. The van der Waals surface area contributed by atoms with Crippen LogP contribution in [0, 0.1) is 12.8 Å². The lowest BCUT2D eigenvalue weighted by Crippen LogP contribution is -2.35. The lowest BCUT2D eigenvalue weighted by molar-refractivity contribution is 0.445. The monoisotopic (exact) mass is 261 g/mol. The number of anilines is 1. The Hall–Kier alpha value is -1.09. The fraction of sp³-hybridized carbons (Fsp3) is 0.688. The van der Waals surface area contributed by atoms with Crippen LogP contribution in [-0.4, -0.2) is 24.1 Å². The first-order valence-corrected chi connectivity index (χ1v) is 7.50. The molecule has 0 bridgehead atoms. The Bertz CT molecular complexity index is 414. The van der Waals surface area contributed by atoms with Gasteiger partial charge in [0.2, 0.25) is 0 Å². The third-order valence-corrected chi connectivity index (χ3v) is 3.80. The summed E-state index contributed by atoms with van der Waals surface area (Å²) >= 11 is 0. The molecule has 1 saturated heterocycles. The molecule has 2 rings (SSSR count). The van der Waals surface area contributed by atoms with E-state index in [4.69, 9.17) is 0 Å². The van der Waals surface area contributed by atoms with Gasteiger partial charge in [0.05, 0.1) is 0 Å². The van der Waals surface area contributed by atoms with Gasteiger partial charge in [0.15, 0.2) is 0 Å². The van der Waals surface area contributed by atoms with Gasteiger partial charge in [0.25, 0.3) is 0 Å². The van der Waals surface area contributed by atoms with E-state index in [0.29, 0.717) is 6.04 Å².